The summed E-state index contributed by atoms with van der Waals surface area (Å²) < 4.78 is 2.01. The van der Waals surface area contributed by atoms with Gasteiger partial charge in [-0.3, -0.25) is 0 Å². The van der Waals surface area contributed by atoms with Gasteiger partial charge in [-0.1, -0.05) is 13.3 Å². The van der Waals surface area contributed by atoms with Crippen LogP contribution in [0.4, 0.5) is 5.82 Å². The van der Waals surface area contributed by atoms with Gasteiger partial charge < -0.3 is 15.0 Å². The molecule has 2 aromatic heterocycles. The highest BCUT2D eigenvalue weighted by atomic mass is 16.3. The molecule has 2 N–H and O–H groups in total. The van der Waals surface area contributed by atoms with Gasteiger partial charge in [0, 0.05) is 20.2 Å². The monoisotopic (exact) mass is 249 g/mol. The van der Waals surface area contributed by atoms with E-state index in [1.54, 1.807) is 6.33 Å². The van der Waals surface area contributed by atoms with Crippen LogP contribution >= 0.6 is 0 Å². The first kappa shape index (κ1) is 12.8. The molecule has 0 fully saturated rings. The Labute approximate surface area is 106 Å². The van der Waals surface area contributed by atoms with E-state index in [-0.39, 0.29) is 6.61 Å². The van der Waals surface area contributed by atoms with E-state index in [9.17, 15) is 5.11 Å². The average molecular weight is 249 g/mol. The van der Waals surface area contributed by atoms with Crippen molar-refractivity contribution >= 4 is 17.0 Å². The van der Waals surface area contributed by atoms with Gasteiger partial charge >= 0.3 is 0 Å². The van der Waals surface area contributed by atoms with E-state index in [1.165, 1.54) is 6.33 Å². The summed E-state index contributed by atoms with van der Waals surface area (Å²) >= 11 is 0. The summed E-state index contributed by atoms with van der Waals surface area (Å²) in [5.41, 5.74) is 1.62. The molecule has 0 amide bonds. The molecule has 18 heavy (non-hydrogen) atoms. The maximum atomic E-state index is 9.19. The van der Waals surface area contributed by atoms with Crippen LogP contribution in [0.15, 0.2) is 12.7 Å². The molecule has 2 rings (SSSR count). The lowest BCUT2D eigenvalue weighted by Crippen LogP contribution is -2.09. The molecule has 0 aliphatic carbocycles. The normalized spacial score (nSPS) is 12.8. The summed E-state index contributed by atoms with van der Waals surface area (Å²) in [5, 5.41) is 12.2. The first-order valence-corrected chi connectivity index (χ1v) is 6.24. The summed E-state index contributed by atoms with van der Waals surface area (Å²) in [4.78, 5) is 12.7. The number of imidazole rings is 1. The van der Waals surface area contributed by atoms with Crippen molar-refractivity contribution in [3.05, 3.63) is 12.7 Å². The van der Waals surface area contributed by atoms with Crippen LogP contribution in [0, 0.1) is 5.92 Å². The second-order valence-electron chi connectivity index (χ2n) is 4.33. The Balaban J connectivity index is 2.19. The molecular formula is C12H19N5O. The highest BCUT2D eigenvalue weighted by Crippen LogP contribution is 2.18. The molecule has 0 aromatic carbocycles. The number of rotatable bonds is 6. The smallest absolute Gasteiger partial charge is 0.165 e. The van der Waals surface area contributed by atoms with Crippen LogP contribution in [0.1, 0.15) is 19.8 Å². The van der Waals surface area contributed by atoms with Gasteiger partial charge in [-0.2, -0.15) is 0 Å². The third kappa shape index (κ3) is 2.43. The fourth-order valence-corrected chi connectivity index (χ4v) is 1.97. The molecular weight excluding hydrogens is 230 g/mol. The molecule has 0 spiro atoms. The van der Waals surface area contributed by atoms with Gasteiger partial charge in [0.2, 0.25) is 0 Å². The summed E-state index contributed by atoms with van der Waals surface area (Å²) in [6.45, 7) is 3.14. The summed E-state index contributed by atoms with van der Waals surface area (Å²) in [5.74, 6) is 1.08. The lowest BCUT2D eigenvalue weighted by atomic mass is 10.0. The fourth-order valence-electron chi connectivity index (χ4n) is 1.97. The van der Waals surface area contributed by atoms with E-state index in [0.29, 0.717) is 5.92 Å². The fraction of sp³-hybridized carbons (Fsp3) is 0.583. The number of aromatic nitrogens is 4. The third-order valence-electron chi connectivity index (χ3n) is 3.25. The lowest BCUT2D eigenvalue weighted by Gasteiger charge is -2.11. The molecule has 0 aliphatic rings. The number of aliphatic hydroxyl groups excluding tert-OH is 1. The van der Waals surface area contributed by atoms with Gasteiger partial charge in [-0.15, -0.1) is 0 Å². The second-order valence-corrected chi connectivity index (χ2v) is 4.33. The van der Waals surface area contributed by atoms with Crippen LogP contribution in [-0.4, -0.2) is 38.3 Å². The number of anilines is 1. The molecule has 2 aromatic rings. The van der Waals surface area contributed by atoms with E-state index in [4.69, 9.17) is 0 Å². The molecule has 0 radical (unpaired) electrons. The minimum Gasteiger partial charge on any atom is -0.396 e. The Bertz CT molecular complexity index is 506. The summed E-state index contributed by atoms with van der Waals surface area (Å²) in [7, 11) is 1.82. The maximum Gasteiger partial charge on any atom is 0.165 e. The van der Waals surface area contributed by atoms with Crippen molar-refractivity contribution < 1.29 is 5.11 Å². The van der Waals surface area contributed by atoms with E-state index in [0.717, 1.165) is 36.4 Å². The van der Waals surface area contributed by atoms with Crippen LogP contribution in [0.3, 0.4) is 0 Å². The largest absolute Gasteiger partial charge is 0.396 e. The van der Waals surface area contributed by atoms with Crippen molar-refractivity contribution in [1.82, 2.24) is 19.5 Å². The predicted molar refractivity (Wildman–Crippen MR) is 70.4 cm³/mol. The number of nitrogens with one attached hydrogen (secondary N) is 1. The Kier molecular flexibility index (Phi) is 4.09. The molecule has 0 saturated heterocycles. The minimum atomic E-state index is 0.236. The summed E-state index contributed by atoms with van der Waals surface area (Å²) in [6.07, 6.45) is 5.23. The molecule has 98 valence electrons. The van der Waals surface area contributed by atoms with Crippen LogP contribution in [0.5, 0.6) is 0 Å². The van der Waals surface area contributed by atoms with Gasteiger partial charge in [0.15, 0.2) is 11.5 Å². The number of fused-ring (bicyclic) bond motifs is 1. The Morgan fingerprint density at radius 1 is 1.39 bits per heavy atom. The Morgan fingerprint density at radius 2 is 2.22 bits per heavy atom. The first-order chi connectivity index (χ1) is 8.80. The topological polar surface area (TPSA) is 75.9 Å². The van der Waals surface area contributed by atoms with Crippen molar-refractivity contribution in [2.75, 3.05) is 19.0 Å². The SMILES string of the molecule is CCC(CO)CCn1cnc2c(NC)ncnc21. The molecule has 2 heterocycles. The first-order valence-electron chi connectivity index (χ1n) is 6.24. The molecule has 0 saturated carbocycles. The minimum absolute atomic E-state index is 0.236. The van der Waals surface area contributed by atoms with E-state index in [2.05, 4.69) is 27.2 Å². The van der Waals surface area contributed by atoms with Gasteiger partial charge in [-0.05, 0) is 12.3 Å². The molecule has 0 aliphatic heterocycles. The Morgan fingerprint density at radius 3 is 2.89 bits per heavy atom. The van der Waals surface area contributed by atoms with Crippen LogP contribution in [0.25, 0.3) is 11.2 Å². The van der Waals surface area contributed by atoms with Crippen LogP contribution < -0.4 is 5.32 Å². The Hall–Kier alpha value is -1.69. The number of nitrogens with zero attached hydrogens (tertiary/aromatic N) is 4. The highest BCUT2D eigenvalue weighted by molar-refractivity contribution is 5.82. The zero-order chi connectivity index (χ0) is 13.0. The lowest BCUT2D eigenvalue weighted by molar-refractivity contribution is 0.210. The molecule has 6 heteroatoms. The molecule has 1 atom stereocenters. The van der Waals surface area contributed by atoms with Gasteiger partial charge in [0.1, 0.15) is 11.8 Å². The summed E-state index contributed by atoms with van der Waals surface area (Å²) in [6, 6.07) is 0. The third-order valence-corrected chi connectivity index (χ3v) is 3.25. The zero-order valence-corrected chi connectivity index (χ0v) is 10.8. The highest BCUT2D eigenvalue weighted by Gasteiger charge is 2.10. The van der Waals surface area contributed by atoms with Crippen molar-refractivity contribution in [1.29, 1.82) is 0 Å². The van der Waals surface area contributed by atoms with E-state index in [1.807, 2.05) is 11.6 Å². The van der Waals surface area contributed by atoms with E-state index < -0.39 is 0 Å². The molecule has 1 unspecified atom stereocenters. The van der Waals surface area contributed by atoms with Crippen LogP contribution in [0.2, 0.25) is 0 Å². The quantitative estimate of drug-likeness (QED) is 0.806. The van der Waals surface area contributed by atoms with Gasteiger partial charge in [0.05, 0.1) is 6.33 Å². The van der Waals surface area contributed by atoms with Crippen molar-refractivity contribution in [3.63, 3.8) is 0 Å². The second kappa shape index (κ2) is 5.77. The van der Waals surface area contributed by atoms with Gasteiger partial charge in [-0.25, -0.2) is 15.0 Å². The van der Waals surface area contributed by atoms with Gasteiger partial charge in [0.25, 0.3) is 0 Å². The van der Waals surface area contributed by atoms with Crippen molar-refractivity contribution in [2.24, 2.45) is 5.92 Å². The molecule has 6 nitrogen and oxygen atoms in total. The number of hydrogen-bond acceptors (Lipinski definition) is 5. The number of aryl methyl sites for hydroxylation is 1. The number of aliphatic hydroxyl groups is 1. The van der Waals surface area contributed by atoms with Crippen molar-refractivity contribution in [3.8, 4) is 0 Å². The van der Waals surface area contributed by atoms with Crippen molar-refractivity contribution in [2.45, 2.75) is 26.3 Å². The van der Waals surface area contributed by atoms with E-state index >= 15 is 0 Å². The number of hydrogen-bond donors (Lipinski definition) is 2. The predicted octanol–water partition coefficient (Wildman–Crippen LogP) is 1.28. The zero-order valence-electron chi connectivity index (χ0n) is 10.8. The average Bonchev–Trinajstić information content (AvgIpc) is 2.83. The maximum absolute atomic E-state index is 9.19. The molecule has 0 bridgehead atoms. The van der Waals surface area contributed by atoms with Crippen LogP contribution in [-0.2, 0) is 6.54 Å². The standard InChI is InChI=1S/C12H19N5O/c1-3-9(6-18)4-5-17-8-16-10-11(13-2)14-7-15-12(10)17/h7-9,18H,3-6H2,1-2H3,(H,13,14,15).